The fourth-order valence-corrected chi connectivity index (χ4v) is 0.788. The first-order valence-electron chi connectivity index (χ1n) is 4.40. The summed E-state index contributed by atoms with van der Waals surface area (Å²) in [7, 11) is 0. The van der Waals surface area contributed by atoms with Gasteiger partial charge in [0.2, 0.25) is 0 Å². The highest BCUT2D eigenvalue weighted by atomic mass is 32.1. The summed E-state index contributed by atoms with van der Waals surface area (Å²) < 4.78 is 4.96. The summed E-state index contributed by atoms with van der Waals surface area (Å²) in [6.07, 6.45) is 0.845. The molecule has 0 spiro atoms. The molecule has 3 nitrogen and oxygen atoms in total. The molecule has 78 valence electrons. The van der Waals surface area contributed by atoms with Crippen molar-refractivity contribution in [2.24, 2.45) is 11.1 Å². The minimum Gasteiger partial charge on any atom is -0.464 e. The molecule has 0 aliphatic carbocycles. The first kappa shape index (κ1) is 12.8. The zero-order valence-electron chi connectivity index (χ0n) is 8.54. The third-order valence-electron chi connectivity index (χ3n) is 1.60. The Morgan fingerprint density at radius 3 is 2.46 bits per heavy atom. The Labute approximate surface area is 85.4 Å². The number of carbonyl (C=O) groups excluding carboxylic acids is 1. The molecule has 0 aliphatic heterocycles. The average Bonchev–Trinajstić information content (AvgIpc) is 2.00. The lowest BCUT2D eigenvalue weighted by atomic mass is 9.93. The van der Waals surface area contributed by atoms with Crippen LogP contribution in [0.3, 0.4) is 0 Å². The van der Waals surface area contributed by atoms with Crippen LogP contribution in [0.2, 0.25) is 0 Å². The zero-order valence-corrected chi connectivity index (χ0v) is 9.43. The van der Waals surface area contributed by atoms with Crippen LogP contribution in [0.5, 0.6) is 0 Å². The molecule has 0 aromatic heterocycles. The van der Waals surface area contributed by atoms with Crippen molar-refractivity contribution in [2.75, 3.05) is 12.4 Å². The molecule has 0 rings (SSSR count). The first-order valence-corrected chi connectivity index (χ1v) is 5.03. The highest BCUT2D eigenvalue weighted by Gasteiger charge is 2.15. The maximum atomic E-state index is 11.1. The fraction of sp³-hybridized carbons (Fsp3) is 0.889. The molecule has 0 aromatic rings. The van der Waals surface area contributed by atoms with Crippen molar-refractivity contribution in [3.05, 3.63) is 0 Å². The molecule has 4 heteroatoms. The van der Waals surface area contributed by atoms with Gasteiger partial charge in [-0.05, 0) is 11.8 Å². The Kier molecular flexibility index (Phi) is 5.40. The number of nitrogens with two attached hydrogens (primary N) is 1. The van der Waals surface area contributed by atoms with E-state index in [2.05, 4.69) is 33.4 Å². The van der Waals surface area contributed by atoms with Gasteiger partial charge in [-0.25, -0.2) is 0 Å². The van der Waals surface area contributed by atoms with E-state index < -0.39 is 6.04 Å². The van der Waals surface area contributed by atoms with Crippen LogP contribution in [0, 0.1) is 5.41 Å². The highest BCUT2D eigenvalue weighted by Crippen LogP contribution is 2.17. The summed E-state index contributed by atoms with van der Waals surface area (Å²) in [5.41, 5.74) is 5.60. The third-order valence-corrected chi connectivity index (χ3v) is 1.99. The number of ether oxygens (including phenoxy) is 1. The molecular formula is C9H19NO2S. The van der Waals surface area contributed by atoms with Gasteiger partial charge in [0, 0.05) is 5.75 Å². The van der Waals surface area contributed by atoms with E-state index in [1.807, 2.05) is 0 Å². The van der Waals surface area contributed by atoms with Crippen molar-refractivity contribution in [3.8, 4) is 0 Å². The molecule has 13 heavy (non-hydrogen) atoms. The lowest BCUT2D eigenvalue weighted by Crippen LogP contribution is -2.34. The van der Waals surface area contributed by atoms with E-state index in [4.69, 9.17) is 10.5 Å². The second-order valence-electron chi connectivity index (χ2n) is 4.27. The van der Waals surface area contributed by atoms with Gasteiger partial charge in [0.05, 0.1) is 6.61 Å². The van der Waals surface area contributed by atoms with Gasteiger partial charge in [-0.3, -0.25) is 4.79 Å². The molecule has 0 fully saturated rings. The predicted octanol–water partition coefficient (Wildman–Crippen LogP) is 1.22. The van der Waals surface area contributed by atoms with Gasteiger partial charge in [-0.15, -0.1) is 0 Å². The Morgan fingerprint density at radius 1 is 1.54 bits per heavy atom. The van der Waals surface area contributed by atoms with E-state index in [0.717, 1.165) is 6.42 Å². The topological polar surface area (TPSA) is 52.3 Å². The van der Waals surface area contributed by atoms with Gasteiger partial charge < -0.3 is 10.5 Å². The molecule has 0 bridgehead atoms. The van der Waals surface area contributed by atoms with Gasteiger partial charge in [-0.1, -0.05) is 20.8 Å². The maximum Gasteiger partial charge on any atom is 0.323 e. The molecule has 0 aromatic carbocycles. The van der Waals surface area contributed by atoms with Crippen LogP contribution in [0.15, 0.2) is 0 Å². The minimum atomic E-state index is -0.594. The number of hydrogen-bond acceptors (Lipinski definition) is 4. The third kappa shape index (κ3) is 6.90. The summed E-state index contributed by atoms with van der Waals surface area (Å²) in [5, 5.41) is 0. The number of hydrogen-bond donors (Lipinski definition) is 2. The van der Waals surface area contributed by atoms with Crippen LogP contribution < -0.4 is 5.73 Å². The van der Waals surface area contributed by atoms with Crippen molar-refractivity contribution < 1.29 is 9.53 Å². The molecule has 0 saturated carbocycles. The normalized spacial score (nSPS) is 13.9. The Balaban J connectivity index is 3.60. The van der Waals surface area contributed by atoms with E-state index in [-0.39, 0.29) is 11.4 Å². The number of carbonyl (C=O) groups is 1. The van der Waals surface area contributed by atoms with Gasteiger partial charge in [-0.2, -0.15) is 12.6 Å². The van der Waals surface area contributed by atoms with Crippen molar-refractivity contribution >= 4 is 18.6 Å². The number of thiol groups is 1. The smallest absolute Gasteiger partial charge is 0.323 e. The fourth-order valence-electron chi connectivity index (χ4n) is 0.639. The second kappa shape index (κ2) is 5.50. The Bertz CT molecular complexity index is 165. The summed E-state index contributed by atoms with van der Waals surface area (Å²) in [6.45, 7) is 6.72. The zero-order chi connectivity index (χ0) is 10.5. The highest BCUT2D eigenvalue weighted by molar-refractivity contribution is 7.80. The van der Waals surface area contributed by atoms with Crippen LogP contribution >= 0.6 is 12.6 Å². The predicted molar refractivity (Wildman–Crippen MR) is 56.9 cm³/mol. The van der Waals surface area contributed by atoms with Crippen LogP contribution in [0.1, 0.15) is 27.2 Å². The maximum absolute atomic E-state index is 11.1. The monoisotopic (exact) mass is 205 g/mol. The Hall–Kier alpha value is -0.220. The van der Waals surface area contributed by atoms with Gasteiger partial charge in [0.1, 0.15) is 6.04 Å². The van der Waals surface area contributed by atoms with E-state index in [1.54, 1.807) is 0 Å². The quantitative estimate of drug-likeness (QED) is 0.536. The molecule has 1 atom stereocenters. The van der Waals surface area contributed by atoms with E-state index >= 15 is 0 Å². The van der Waals surface area contributed by atoms with Gasteiger partial charge in [0.25, 0.3) is 0 Å². The van der Waals surface area contributed by atoms with Gasteiger partial charge in [0.15, 0.2) is 0 Å². The molecule has 2 N–H and O–H groups in total. The summed E-state index contributed by atoms with van der Waals surface area (Å²) in [4.78, 5) is 11.1. The Morgan fingerprint density at radius 2 is 2.08 bits per heavy atom. The van der Waals surface area contributed by atoms with Crippen LogP contribution in [-0.4, -0.2) is 24.4 Å². The largest absolute Gasteiger partial charge is 0.464 e. The minimum absolute atomic E-state index is 0.186. The molecular weight excluding hydrogens is 186 g/mol. The number of esters is 1. The van der Waals surface area contributed by atoms with Crippen molar-refractivity contribution in [2.45, 2.75) is 33.2 Å². The standard InChI is InChI=1S/C9H19NO2S/c1-9(2,3)4-5-12-8(11)7(10)6-13/h7,13H,4-6,10H2,1-3H3. The van der Waals surface area contributed by atoms with Crippen molar-refractivity contribution in [3.63, 3.8) is 0 Å². The average molecular weight is 205 g/mol. The molecule has 0 radical (unpaired) electrons. The summed E-state index contributed by atoms with van der Waals surface area (Å²) in [6, 6.07) is -0.594. The van der Waals surface area contributed by atoms with Crippen molar-refractivity contribution in [1.82, 2.24) is 0 Å². The SMILES string of the molecule is CC(C)(C)CCOC(=O)C(N)CS. The molecule has 0 saturated heterocycles. The number of rotatable bonds is 4. The summed E-state index contributed by atoms with van der Waals surface area (Å²) >= 11 is 3.91. The van der Waals surface area contributed by atoms with Crippen LogP contribution in [0.25, 0.3) is 0 Å². The van der Waals surface area contributed by atoms with Gasteiger partial charge >= 0.3 is 5.97 Å². The van der Waals surface area contributed by atoms with Crippen LogP contribution in [-0.2, 0) is 9.53 Å². The van der Waals surface area contributed by atoms with E-state index in [0.29, 0.717) is 12.4 Å². The molecule has 0 heterocycles. The molecule has 0 aliphatic rings. The first-order chi connectivity index (χ1) is 5.87. The van der Waals surface area contributed by atoms with Crippen molar-refractivity contribution in [1.29, 1.82) is 0 Å². The molecule has 1 unspecified atom stereocenters. The lowest BCUT2D eigenvalue weighted by Gasteiger charge is -2.18. The summed E-state index contributed by atoms with van der Waals surface area (Å²) in [5.74, 6) is -0.0341. The lowest BCUT2D eigenvalue weighted by molar-refractivity contribution is -0.145. The molecule has 0 amide bonds. The van der Waals surface area contributed by atoms with Crippen LogP contribution in [0.4, 0.5) is 0 Å². The second-order valence-corrected chi connectivity index (χ2v) is 4.63. The van der Waals surface area contributed by atoms with E-state index in [1.165, 1.54) is 0 Å². The van der Waals surface area contributed by atoms with E-state index in [9.17, 15) is 4.79 Å².